The van der Waals surface area contributed by atoms with Crippen LogP contribution < -0.4 is 10.1 Å². The quantitative estimate of drug-likeness (QED) is 0.639. The fourth-order valence-electron chi connectivity index (χ4n) is 2.02. The number of benzene rings is 1. The van der Waals surface area contributed by atoms with E-state index in [4.69, 9.17) is 4.74 Å². The van der Waals surface area contributed by atoms with Gasteiger partial charge in [0.25, 0.3) is 0 Å². The molecule has 0 spiro atoms. The second-order valence-electron chi connectivity index (χ2n) is 5.37. The van der Waals surface area contributed by atoms with Crippen LogP contribution >= 0.6 is 0 Å². The summed E-state index contributed by atoms with van der Waals surface area (Å²) in [5.41, 5.74) is 1.34. The Morgan fingerprint density at radius 2 is 1.89 bits per heavy atom. The summed E-state index contributed by atoms with van der Waals surface area (Å²) < 4.78 is 5.78. The molecule has 0 saturated heterocycles. The Kier molecular flexibility index (Phi) is 8.31. The van der Waals surface area contributed by atoms with Gasteiger partial charge in [-0.3, -0.25) is 0 Å². The zero-order valence-electron chi connectivity index (χ0n) is 12.7. The summed E-state index contributed by atoms with van der Waals surface area (Å²) >= 11 is 0. The molecule has 0 radical (unpaired) electrons. The SMILES string of the molecule is CCc1cccc(OCCCCCCNC(C)C)c1. The Morgan fingerprint density at radius 1 is 1.11 bits per heavy atom. The predicted molar refractivity (Wildman–Crippen MR) is 82.9 cm³/mol. The standard InChI is InChI=1S/C17H29NO/c1-4-16-10-9-11-17(14-16)19-13-8-6-5-7-12-18-15(2)3/h9-11,14-15,18H,4-8,12-13H2,1-3H3. The summed E-state index contributed by atoms with van der Waals surface area (Å²) in [4.78, 5) is 0. The van der Waals surface area contributed by atoms with E-state index in [1.807, 2.05) is 6.07 Å². The molecule has 0 fully saturated rings. The Labute approximate surface area is 118 Å². The van der Waals surface area contributed by atoms with Crippen molar-refractivity contribution in [2.75, 3.05) is 13.2 Å². The van der Waals surface area contributed by atoms with E-state index in [2.05, 4.69) is 44.3 Å². The second-order valence-corrected chi connectivity index (χ2v) is 5.37. The highest BCUT2D eigenvalue weighted by Crippen LogP contribution is 2.14. The smallest absolute Gasteiger partial charge is 0.119 e. The molecule has 0 atom stereocenters. The van der Waals surface area contributed by atoms with E-state index in [0.29, 0.717) is 6.04 Å². The molecule has 1 N–H and O–H groups in total. The second kappa shape index (κ2) is 9.85. The van der Waals surface area contributed by atoms with Crippen LogP contribution in [0.25, 0.3) is 0 Å². The Hall–Kier alpha value is -1.02. The maximum absolute atomic E-state index is 5.78. The molecule has 0 amide bonds. The monoisotopic (exact) mass is 263 g/mol. The number of rotatable bonds is 10. The maximum atomic E-state index is 5.78. The highest BCUT2D eigenvalue weighted by molar-refractivity contribution is 5.28. The van der Waals surface area contributed by atoms with Gasteiger partial charge in [0.1, 0.15) is 5.75 Å². The van der Waals surface area contributed by atoms with Gasteiger partial charge in [0, 0.05) is 6.04 Å². The Bertz CT molecular complexity index is 336. The van der Waals surface area contributed by atoms with Gasteiger partial charge in [0.15, 0.2) is 0 Å². The van der Waals surface area contributed by atoms with E-state index in [1.165, 1.54) is 24.8 Å². The van der Waals surface area contributed by atoms with Gasteiger partial charge in [-0.2, -0.15) is 0 Å². The molecule has 0 aromatic heterocycles. The first kappa shape index (κ1) is 16.0. The molecular formula is C17H29NO. The van der Waals surface area contributed by atoms with Crippen LogP contribution in [0.2, 0.25) is 0 Å². The normalized spacial score (nSPS) is 10.9. The molecule has 0 aliphatic heterocycles. The van der Waals surface area contributed by atoms with Gasteiger partial charge in [-0.05, 0) is 43.5 Å². The molecule has 1 aromatic carbocycles. The molecule has 0 bridgehead atoms. The molecule has 19 heavy (non-hydrogen) atoms. The zero-order chi connectivity index (χ0) is 13.9. The lowest BCUT2D eigenvalue weighted by molar-refractivity contribution is 0.304. The van der Waals surface area contributed by atoms with Crippen LogP contribution in [0.15, 0.2) is 24.3 Å². The van der Waals surface area contributed by atoms with Crippen LogP contribution in [0.4, 0.5) is 0 Å². The third kappa shape index (κ3) is 7.89. The minimum Gasteiger partial charge on any atom is -0.494 e. The average molecular weight is 263 g/mol. The van der Waals surface area contributed by atoms with Crippen LogP contribution in [0.5, 0.6) is 5.75 Å². The molecule has 2 nitrogen and oxygen atoms in total. The third-order valence-corrected chi connectivity index (χ3v) is 3.20. The van der Waals surface area contributed by atoms with E-state index in [9.17, 15) is 0 Å². The Morgan fingerprint density at radius 3 is 2.63 bits per heavy atom. The van der Waals surface area contributed by atoms with Crippen molar-refractivity contribution in [3.05, 3.63) is 29.8 Å². The van der Waals surface area contributed by atoms with E-state index in [0.717, 1.165) is 31.7 Å². The van der Waals surface area contributed by atoms with Gasteiger partial charge < -0.3 is 10.1 Å². The minimum atomic E-state index is 0.606. The van der Waals surface area contributed by atoms with Crippen molar-refractivity contribution in [3.63, 3.8) is 0 Å². The fourth-order valence-corrected chi connectivity index (χ4v) is 2.02. The van der Waals surface area contributed by atoms with Crippen LogP contribution in [0, 0.1) is 0 Å². The third-order valence-electron chi connectivity index (χ3n) is 3.20. The summed E-state index contributed by atoms with van der Waals surface area (Å²) in [5.74, 6) is 1.01. The number of ether oxygens (including phenoxy) is 1. The topological polar surface area (TPSA) is 21.3 Å². The van der Waals surface area contributed by atoms with Crippen molar-refractivity contribution in [1.29, 1.82) is 0 Å². The van der Waals surface area contributed by atoms with E-state index < -0.39 is 0 Å². The first-order valence-corrected chi connectivity index (χ1v) is 7.67. The summed E-state index contributed by atoms with van der Waals surface area (Å²) in [7, 11) is 0. The lowest BCUT2D eigenvalue weighted by atomic mass is 10.1. The van der Waals surface area contributed by atoms with Crippen LogP contribution in [0.3, 0.4) is 0 Å². The molecule has 0 heterocycles. The molecule has 0 aliphatic rings. The summed E-state index contributed by atoms with van der Waals surface area (Å²) in [6, 6.07) is 9.02. The van der Waals surface area contributed by atoms with Crippen LogP contribution in [0.1, 0.15) is 52.0 Å². The van der Waals surface area contributed by atoms with E-state index in [1.54, 1.807) is 0 Å². The lowest BCUT2D eigenvalue weighted by Crippen LogP contribution is -2.23. The minimum absolute atomic E-state index is 0.606. The zero-order valence-corrected chi connectivity index (χ0v) is 12.7. The van der Waals surface area contributed by atoms with Gasteiger partial charge in [0.2, 0.25) is 0 Å². The van der Waals surface area contributed by atoms with Gasteiger partial charge in [0.05, 0.1) is 6.61 Å². The molecule has 1 rings (SSSR count). The highest BCUT2D eigenvalue weighted by atomic mass is 16.5. The van der Waals surface area contributed by atoms with Gasteiger partial charge in [-0.25, -0.2) is 0 Å². The number of hydrogen-bond acceptors (Lipinski definition) is 2. The summed E-state index contributed by atoms with van der Waals surface area (Å²) in [6.07, 6.45) is 6.03. The molecule has 1 aromatic rings. The summed E-state index contributed by atoms with van der Waals surface area (Å²) in [6.45, 7) is 8.53. The number of nitrogens with one attached hydrogen (secondary N) is 1. The Balaban J connectivity index is 2.01. The van der Waals surface area contributed by atoms with Gasteiger partial charge in [-0.15, -0.1) is 0 Å². The first-order chi connectivity index (χ1) is 9.22. The first-order valence-electron chi connectivity index (χ1n) is 7.67. The number of hydrogen-bond donors (Lipinski definition) is 1. The molecule has 0 aliphatic carbocycles. The highest BCUT2D eigenvalue weighted by Gasteiger charge is 1.96. The largest absolute Gasteiger partial charge is 0.494 e. The van der Waals surface area contributed by atoms with Crippen LogP contribution in [-0.2, 0) is 6.42 Å². The molecule has 108 valence electrons. The molecule has 0 saturated carbocycles. The maximum Gasteiger partial charge on any atom is 0.119 e. The van der Waals surface area contributed by atoms with Crippen molar-refractivity contribution < 1.29 is 4.74 Å². The van der Waals surface area contributed by atoms with E-state index >= 15 is 0 Å². The van der Waals surface area contributed by atoms with Gasteiger partial charge in [-0.1, -0.05) is 45.7 Å². The van der Waals surface area contributed by atoms with Crippen LogP contribution in [-0.4, -0.2) is 19.2 Å². The number of unbranched alkanes of at least 4 members (excludes halogenated alkanes) is 3. The summed E-state index contributed by atoms with van der Waals surface area (Å²) in [5, 5.41) is 3.44. The van der Waals surface area contributed by atoms with Crippen molar-refractivity contribution in [3.8, 4) is 5.75 Å². The van der Waals surface area contributed by atoms with E-state index in [-0.39, 0.29) is 0 Å². The molecule has 2 heteroatoms. The van der Waals surface area contributed by atoms with Crippen molar-refractivity contribution in [1.82, 2.24) is 5.32 Å². The molecule has 0 unspecified atom stereocenters. The predicted octanol–water partition coefficient (Wildman–Crippen LogP) is 4.19. The van der Waals surface area contributed by atoms with Gasteiger partial charge >= 0.3 is 0 Å². The van der Waals surface area contributed by atoms with Crippen molar-refractivity contribution in [2.45, 2.75) is 58.9 Å². The molecular weight excluding hydrogens is 234 g/mol. The van der Waals surface area contributed by atoms with Crippen molar-refractivity contribution in [2.24, 2.45) is 0 Å². The van der Waals surface area contributed by atoms with Crippen molar-refractivity contribution >= 4 is 0 Å². The number of aryl methyl sites for hydroxylation is 1. The lowest BCUT2D eigenvalue weighted by Gasteiger charge is -2.08. The average Bonchev–Trinajstić information content (AvgIpc) is 2.41. The fraction of sp³-hybridized carbons (Fsp3) is 0.647.